The maximum Gasteiger partial charge on any atom is 0.229 e. The smallest absolute Gasteiger partial charge is 0.229 e. The lowest BCUT2D eigenvalue weighted by Crippen LogP contribution is -2.47. The number of nitrogens with zero attached hydrogens (tertiary/aromatic N) is 5. The molecule has 2 heterocycles. The van der Waals surface area contributed by atoms with E-state index in [-0.39, 0.29) is 0 Å². The zero-order valence-electron chi connectivity index (χ0n) is 18.0. The minimum Gasteiger partial charge on any atom is -0.363 e. The van der Waals surface area contributed by atoms with Gasteiger partial charge >= 0.3 is 0 Å². The van der Waals surface area contributed by atoms with E-state index >= 15 is 0 Å². The van der Waals surface area contributed by atoms with Gasteiger partial charge in [-0.05, 0) is 36.6 Å². The molecule has 0 bridgehead atoms. The zero-order chi connectivity index (χ0) is 21.8. The van der Waals surface area contributed by atoms with Crippen molar-refractivity contribution in [3.05, 3.63) is 58.1 Å². The molecule has 2 aromatic rings. The number of benzene rings is 1. The summed E-state index contributed by atoms with van der Waals surface area (Å²) in [6.45, 7) is 4.82. The number of allylic oxidation sites excluding steroid dienone is 2. The van der Waals surface area contributed by atoms with E-state index in [2.05, 4.69) is 33.3 Å². The SMILES string of the molecule is CN(C)c1cc(Nc2ccc(Cl)c(Cl)c2)nc(N2CCN(CC3=CCCC=C3)CC2)n1. The second-order valence-electron chi connectivity index (χ2n) is 8.08. The quantitative estimate of drug-likeness (QED) is 0.657. The molecule has 1 saturated heterocycles. The Labute approximate surface area is 194 Å². The Balaban J connectivity index is 1.47. The fraction of sp³-hybridized carbons (Fsp3) is 0.391. The Morgan fingerprint density at radius 1 is 1.00 bits per heavy atom. The van der Waals surface area contributed by atoms with E-state index in [9.17, 15) is 0 Å². The summed E-state index contributed by atoms with van der Waals surface area (Å²) >= 11 is 12.2. The van der Waals surface area contributed by atoms with Crippen LogP contribution in [0.1, 0.15) is 12.8 Å². The fourth-order valence-corrected chi connectivity index (χ4v) is 4.03. The Bertz CT molecular complexity index is 980. The first kappa shape index (κ1) is 21.9. The highest BCUT2D eigenvalue weighted by molar-refractivity contribution is 6.42. The van der Waals surface area contributed by atoms with Gasteiger partial charge in [-0.2, -0.15) is 9.97 Å². The molecule has 0 unspecified atom stereocenters. The van der Waals surface area contributed by atoms with Crippen molar-refractivity contribution >= 4 is 46.5 Å². The number of hydrogen-bond donors (Lipinski definition) is 1. The summed E-state index contributed by atoms with van der Waals surface area (Å²) in [7, 11) is 3.97. The molecule has 1 N–H and O–H groups in total. The summed E-state index contributed by atoms with van der Waals surface area (Å²) in [5.41, 5.74) is 2.26. The Kier molecular flexibility index (Phi) is 7.00. The van der Waals surface area contributed by atoms with Gasteiger partial charge in [0.2, 0.25) is 5.95 Å². The van der Waals surface area contributed by atoms with E-state index in [0.29, 0.717) is 10.0 Å². The van der Waals surface area contributed by atoms with Gasteiger partial charge in [0.1, 0.15) is 11.6 Å². The van der Waals surface area contributed by atoms with E-state index in [4.69, 9.17) is 33.2 Å². The fourth-order valence-electron chi connectivity index (χ4n) is 3.73. The molecule has 0 atom stereocenters. The topological polar surface area (TPSA) is 47.5 Å². The second-order valence-corrected chi connectivity index (χ2v) is 8.90. The lowest BCUT2D eigenvalue weighted by molar-refractivity contribution is 0.278. The summed E-state index contributed by atoms with van der Waals surface area (Å²) in [5, 5.41) is 4.37. The standard InChI is InChI=1S/C23H28Cl2N6/c1-29(2)22-15-21(26-18-8-9-19(24)20(25)14-18)27-23(28-22)31-12-10-30(11-13-31)16-17-6-4-3-5-7-17/h4,6-9,14-15H,3,5,10-13,16H2,1-2H3,(H,26,27,28). The van der Waals surface area contributed by atoms with Gasteiger partial charge in [-0.1, -0.05) is 41.4 Å². The molecule has 164 valence electrons. The molecule has 1 aliphatic heterocycles. The molecule has 4 rings (SSSR count). The van der Waals surface area contributed by atoms with E-state index < -0.39 is 0 Å². The van der Waals surface area contributed by atoms with Crippen LogP contribution in [0.3, 0.4) is 0 Å². The summed E-state index contributed by atoms with van der Waals surface area (Å²) in [4.78, 5) is 16.3. The maximum atomic E-state index is 6.16. The third-order valence-electron chi connectivity index (χ3n) is 5.48. The first-order valence-corrected chi connectivity index (χ1v) is 11.3. The van der Waals surface area contributed by atoms with Crippen LogP contribution in [0, 0.1) is 0 Å². The summed E-state index contributed by atoms with van der Waals surface area (Å²) < 4.78 is 0. The Morgan fingerprint density at radius 3 is 2.48 bits per heavy atom. The second kappa shape index (κ2) is 9.90. The van der Waals surface area contributed by atoms with Crippen LogP contribution >= 0.6 is 23.2 Å². The third-order valence-corrected chi connectivity index (χ3v) is 6.22. The monoisotopic (exact) mass is 458 g/mol. The highest BCUT2D eigenvalue weighted by atomic mass is 35.5. The van der Waals surface area contributed by atoms with Crippen LogP contribution in [0.4, 0.5) is 23.3 Å². The third kappa shape index (κ3) is 5.70. The minimum absolute atomic E-state index is 0.507. The molecule has 1 aromatic carbocycles. The molecule has 2 aliphatic rings. The Morgan fingerprint density at radius 2 is 1.81 bits per heavy atom. The summed E-state index contributed by atoms with van der Waals surface area (Å²) in [6, 6.07) is 7.40. The lowest BCUT2D eigenvalue weighted by Gasteiger charge is -2.35. The molecule has 0 spiro atoms. The number of rotatable bonds is 6. The van der Waals surface area contributed by atoms with Crippen molar-refractivity contribution in [3.8, 4) is 0 Å². The van der Waals surface area contributed by atoms with Crippen LogP contribution < -0.4 is 15.1 Å². The minimum atomic E-state index is 0.507. The molecular formula is C23H28Cl2N6. The number of hydrogen-bond acceptors (Lipinski definition) is 6. The van der Waals surface area contributed by atoms with Gasteiger partial charge in [0, 0.05) is 58.6 Å². The predicted octanol–water partition coefficient (Wildman–Crippen LogP) is 4.99. The van der Waals surface area contributed by atoms with Crippen molar-refractivity contribution in [1.29, 1.82) is 0 Å². The van der Waals surface area contributed by atoms with Crippen molar-refractivity contribution in [3.63, 3.8) is 0 Å². The molecule has 31 heavy (non-hydrogen) atoms. The molecular weight excluding hydrogens is 431 g/mol. The van der Waals surface area contributed by atoms with Gasteiger partial charge in [-0.25, -0.2) is 0 Å². The number of anilines is 4. The van der Waals surface area contributed by atoms with Gasteiger partial charge < -0.3 is 15.1 Å². The highest BCUT2D eigenvalue weighted by Gasteiger charge is 2.21. The number of halogens is 2. The first-order valence-electron chi connectivity index (χ1n) is 10.6. The normalized spacial score (nSPS) is 16.9. The molecule has 1 aromatic heterocycles. The first-order chi connectivity index (χ1) is 15.0. The summed E-state index contributed by atoms with van der Waals surface area (Å²) in [5.74, 6) is 2.32. The molecule has 0 saturated carbocycles. The van der Waals surface area contributed by atoms with Gasteiger partial charge in [0.15, 0.2) is 0 Å². The van der Waals surface area contributed by atoms with Gasteiger partial charge in [-0.3, -0.25) is 4.90 Å². The van der Waals surface area contributed by atoms with Crippen LogP contribution in [-0.4, -0.2) is 61.7 Å². The van der Waals surface area contributed by atoms with Crippen molar-refractivity contribution in [2.24, 2.45) is 0 Å². The van der Waals surface area contributed by atoms with Gasteiger partial charge in [0.25, 0.3) is 0 Å². The number of piperazine rings is 1. The highest BCUT2D eigenvalue weighted by Crippen LogP contribution is 2.28. The predicted molar refractivity (Wildman–Crippen MR) is 131 cm³/mol. The zero-order valence-corrected chi connectivity index (χ0v) is 19.5. The molecule has 0 amide bonds. The Hall–Kier alpha value is -2.28. The molecule has 1 fully saturated rings. The van der Waals surface area contributed by atoms with Crippen molar-refractivity contribution in [1.82, 2.24) is 14.9 Å². The van der Waals surface area contributed by atoms with Crippen LogP contribution in [0.25, 0.3) is 0 Å². The maximum absolute atomic E-state index is 6.16. The average Bonchev–Trinajstić information content (AvgIpc) is 2.77. The average molecular weight is 459 g/mol. The van der Waals surface area contributed by atoms with Crippen LogP contribution in [-0.2, 0) is 0 Å². The van der Waals surface area contributed by atoms with Crippen molar-refractivity contribution < 1.29 is 0 Å². The lowest BCUT2D eigenvalue weighted by atomic mass is 10.1. The number of nitrogens with one attached hydrogen (secondary N) is 1. The molecule has 0 radical (unpaired) electrons. The molecule has 6 nitrogen and oxygen atoms in total. The van der Waals surface area contributed by atoms with E-state index in [1.807, 2.05) is 31.1 Å². The van der Waals surface area contributed by atoms with E-state index in [1.54, 1.807) is 12.1 Å². The summed E-state index contributed by atoms with van der Waals surface area (Å²) in [6.07, 6.45) is 9.22. The van der Waals surface area contributed by atoms with Gasteiger partial charge in [-0.15, -0.1) is 0 Å². The van der Waals surface area contributed by atoms with Crippen LogP contribution in [0.15, 0.2) is 48.1 Å². The number of aromatic nitrogens is 2. The van der Waals surface area contributed by atoms with E-state index in [0.717, 1.165) is 68.8 Å². The molecule has 1 aliphatic carbocycles. The largest absolute Gasteiger partial charge is 0.363 e. The van der Waals surface area contributed by atoms with Crippen molar-refractivity contribution in [2.75, 3.05) is 61.9 Å². The van der Waals surface area contributed by atoms with Gasteiger partial charge in [0.05, 0.1) is 10.0 Å². The molecule has 8 heteroatoms. The van der Waals surface area contributed by atoms with Crippen LogP contribution in [0.2, 0.25) is 10.0 Å². The van der Waals surface area contributed by atoms with Crippen LogP contribution in [0.5, 0.6) is 0 Å². The van der Waals surface area contributed by atoms with E-state index in [1.165, 1.54) is 5.57 Å². The van der Waals surface area contributed by atoms with Crippen molar-refractivity contribution in [2.45, 2.75) is 12.8 Å².